The summed E-state index contributed by atoms with van der Waals surface area (Å²) in [5, 5.41) is 17.5. The Hall–Kier alpha value is -3.98. The van der Waals surface area contributed by atoms with Gasteiger partial charge in [0.15, 0.2) is 11.0 Å². The zero-order valence-corrected chi connectivity index (χ0v) is 19.3. The van der Waals surface area contributed by atoms with Gasteiger partial charge in [0.2, 0.25) is 11.8 Å². The number of ether oxygens (including phenoxy) is 1. The van der Waals surface area contributed by atoms with Crippen molar-refractivity contribution in [3.63, 3.8) is 0 Å². The molecule has 2 heterocycles. The molecule has 0 aliphatic heterocycles. The minimum atomic E-state index is -0.360. The molecule has 34 heavy (non-hydrogen) atoms. The van der Waals surface area contributed by atoms with Gasteiger partial charge in [0.05, 0.1) is 18.4 Å². The fraction of sp³-hybridized carbons (Fsp3) is 0.120. The summed E-state index contributed by atoms with van der Waals surface area (Å²) in [6.07, 6.45) is 0. The van der Waals surface area contributed by atoms with Crippen LogP contribution in [0.5, 0.6) is 5.75 Å². The average Bonchev–Trinajstić information content (AvgIpc) is 3.51. The van der Waals surface area contributed by atoms with Crippen molar-refractivity contribution in [2.24, 2.45) is 0 Å². The fourth-order valence-corrected chi connectivity index (χ4v) is 4.18. The molecule has 0 aliphatic carbocycles. The van der Waals surface area contributed by atoms with E-state index in [4.69, 9.17) is 9.15 Å². The number of hydrogen-bond donors (Lipinski definition) is 0. The molecule has 0 bridgehead atoms. The first-order valence-corrected chi connectivity index (χ1v) is 11.5. The topological polar surface area (TPSA) is 78.9 Å². The third-order valence-electron chi connectivity index (χ3n) is 5.17. The summed E-state index contributed by atoms with van der Waals surface area (Å²) < 4.78 is 27.4. The largest absolute Gasteiger partial charge is 0.497 e. The maximum absolute atomic E-state index is 14.6. The molecule has 2 aromatic heterocycles. The van der Waals surface area contributed by atoms with Crippen molar-refractivity contribution >= 4 is 11.8 Å². The molecule has 0 spiro atoms. The highest BCUT2D eigenvalue weighted by Crippen LogP contribution is 2.31. The van der Waals surface area contributed by atoms with Crippen LogP contribution in [-0.4, -0.2) is 32.1 Å². The highest BCUT2D eigenvalue weighted by molar-refractivity contribution is 7.98. The fourth-order valence-electron chi connectivity index (χ4n) is 3.40. The van der Waals surface area contributed by atoms with Gasteiger partial charge in [-0.2, -0.15) is 0 Å². The lowest BCUT2D eigenvalue weighted by Gasteiger charge is -2.10. The molecule has 0 saturated carbocycles. The molecule has 7 nitrogen and oxygen atoms in total. The van der Waals surface area contributed by atoms with Crippen LogP contribution in [0, 0.1) is 12.7 Å². The van der Waals surface area contributed by atoms with E-state index >= 15 is 0 Å². The molecule has 0 atom stereocenters. The lowest BCUT2D eigenvalue weighted by atomic mass is 10.2. The van der Waals surface area contributed by atoms with E-state index in [1.807, 2.05) is 60.0 Å². The average molecular weight is 474 g/mol. The van der Waals surface area contributed by atoms with Gasteiger partial charge in [-0.05, 0) is 55.5 Å². The number of benzene rings is 3. The third-order valence-corrected chi connectivity index (χ3v) is 6.08. The first-order valence-electron chi connectivity index (χ1n) is 10.5. The van der Waals surface area contributed by atoms with Crippen LogP contribution in [0.1, 0.15) is 11.5 Å². The van der Waals surface area contributed by atoms with Crippen LogP contribution in [0.2, 0.25) is 0 Å². The number of hydrogen-bond acceptors (Lipinski definition) is 7. The van der Waals surface area contributed by atoms with Crippen molar-refractivity contribution in [1.29, 1.82) is 0 Å². The van der Waals surface area contributed by atoms with Crippen molar-refractivity contribution in [2.75, 3.05) is 7.11 Å². The molecule has 5 aromatic rings. The SMILES string of the molecule is COc1ccc(-c2nnc(CSc3nnc(-c4ccccc4F)n3-c3ccc(C)cc3)o2)cc1. The Morgan fingerprint density at radius 2 is 1.68 bits per heavy atom. The molecule has 0 aliphatic rings. The standard InChI is InChI=1S/C25H20FN5O2S/c1-16-7-11-18(12-8-16)31-23(20-5-3-4-6-21(20)26)28-30-25(31)34-15-22-27-29-24(33-22)17-9-13-19(32-2)14-10-17/h3-14H,15H2,1-2H3. The van der Waals surface area contributed by atoms with Crippen molar-refractivity contribution in [2.45, 2.75) is 17.8 Å². The second-order valence-electron chi connectivity index (χ2n) is 7.48. The summed E-state index contributed by atoms with van der Waals surface area (Å²) in [6, 6.07) is 21.8. The monoisotopic (exact) mass is 473 g/mol. The number of halogens is 1. The van der Waals surface area contributed by atoms with Gasteiger partial charge in [-0.3, -0.25) is 4.57 Å². The Morgan fingerprint density at radius 3 is 2.41 bits per heavy atom. The number of nitrogens with zero attached hydrogens (tertiary/aromatic N) is 5. The summed E-state index contributed by atoms with van der Waals surface area (Å²) in [7, 11) is 1.62. The molecule has 0 fully saturated rings. The van der Waals surface area contributed by atoms with Crippen LogP contribution in [-0.2, 0) is 5.75 Å². The van der Waals surface area contributed by atoms with E-state index < -0.39 is 0 Å². The van der Waals surface area contributed by atoms with Gasteiger partial charge < -0.3 is 9.15 Å². The molecule has 9 heteroatoms. The molecule has 0 unspecified atom stereocenters. The van der Waals surface area contributed by atoms with Crippen LogP contribution in [0.25, 0.3) is 28.5 Å². The van der Waals surface area contributed by atoms with Crippen molar-refractivity contribution in [3.8, 4) is 34.3 Å². The van der Waals surface area contributed by atoms with E-state index in [1.54, 1.807) is 25.3 Å². The van der Waals surface area contributed by atoms with Crippen LogP contribution in [0.4, 0.5) is 4.39 Å². The zero-order chi connectivity index (χ0) is 23.5. The Balaban J connectivity index is 1.43. The maximum atomic E-state index is 14.6. The first kappa shape index (κ1) is 21.8. The first-order chi connectivity index (χ1) is 16.6. The van der Waals surface area contributed by atoms with Crippen LogP contribution in [0.3, 0.4) is 0 Å². The van der Waals surface area contributed by atoms with Gasteiger partial charge in [-0.1, -0.05) is 41.6 Å². The smallest absolute Gasteiger partial charge is 0.247 e. The number of aromatic nitrogens is 5. The molecule has 0 radical (unpaired) electrons. The minimum absolute atomic E-state index is 0.360. The van der Waals surface area contributed by atoms with Gasteiger partial charge >= 0.3 is 0 Å². The molecule has 5 rings (SSSR count). The second-order valence-corrected chi connectivity index (χ2v) is 8.42. The Kier molecular flexibility index (Phi) is 6.09. The predicted molar refractivity (Wildman–Crippen MR) is 127 cm³/mol. The minimum Gasteiger partial charge on any atom is -0.497 e. The molecule has 0 N–H and O–H groups in total. The van der Waals surface area contributed by atoms with E-state index in [9.17, 15) is 4.39 Å². The molecular formula is C25H20FN5O2S. The van der Waals surface area contributed by atoms with E-state index in [0.717, 1.165) is 22.6 Å². The van der Waals surface area contributed by atoms with Crippen molar-refractivity contribution in [3.05, 3.63) is 90.1 Å². The van der Waals surface area contributed by atoms with Crippen molar-refractivity contribution < 1.29 is 13.5 Å². The highest BCUT2D eigenvalue weighted by Gasteiger charge is 2.19. The number of aryl methyl sites for hydroxylation is 1. The Bertz CT molecular complexity index is 1410. The number of thioether (sulfide) groups is 1. The van der Waals surface area contributed by atoms with E-state index in [-0.39, 0.29) is 5.82 Å². The Morgan fingerprint density at radius 1 is 0.912 bits per heavy atom. The van der Waals surface area contributed by atoms with Crippen LogP contribution in [0.15, 0.2) is 82.4 Å². The molecule has 0 amide bonds. The number of rotatable bonds is 7. The van der Waals surface area contributed by atoms with Crippen LogP contribution < -0.4 is 4.74 Å². The molecule has 0 saturated heterocycles. The lowest BCUT2D eigenvalue weighted by Crippen LogP contribution is -2.01. The van der Waals surface area contributed by atoms with Gasteiger partial charge in [-0.15, -0.1) is 20.4 Å². The van der Waals surface area contributed by atoms with Gasteiger partial charge in [0.25, 0.3) is 0 Å². The zero-order valence-electron chi connectivity index (χ0n) is 18.5. The van der Waals surface area contributed by atoms with E-state index in [2.05, 4.69) is 20.4 Å². The quantitative estimate of drug-likeness (QED) is 0.279. The molecular weight excluding hydrogens is 453 g/mol. The Labute approximate surface area is 199 Å². The van der Waals surface area contributed by atoms with E-state index in [1.165, 1.54) is 17.8 Å². The van der Waals surface area contributed by atoms with Crippen LogP contribution >= 0.6 is 11.8 Å². The van der Waals surface area contributed by atoms with Gasteiger partial charge in [0, 0.05) is 11.3 Å². The third kappa shape index (κ3) is 4.42. The summed E-state index contributed by atoms with van der Waals surface area (Å²) in [4.78, 5) is 0. The van der Waals surface area contributed by atoms with E-state index in [0.29, 0.717) is 34.1 Å². The summed E-state index contributed by atoms with van der Waals surface area (Å²) >= 11 is 1.39. The summed E-state index contributed by atoms with van der Waals surface area (Å²) in [6.45, 7) is 2.01. The highest BCUT2D eigenvalue weighted by atomic mass is 32.2. The maximum Gasteiger partial charge on any atom is 0.247 e. The predicted octanol–water partition coefficient (Wildman–Crippen LogP) is 5.73. The normalized spacial score (nSPS) is 11.0. The molecule has 3 aromatic carbocycles. The molecule has 170 valence electrons. The lowest BCUT2D eigenvalue weighted by molar-refractivity contribution is 0.415. The van der Waals surface area contributed by atoms with Gasteiger partial charge in [-0.25, -0.2) is 4.39 Å². The van der Waals surface area contributed by atoms with Gasteiger partial charge in [0.1, 0.15) is 11.6 Å². The number of methoxy groups -OCH3 is 1. The second kappa shape index (κ2) is 9.48. The summed E-state index contributed by atoms with van der Waals surface area (Å²) in [5.74, 6) is 2.06. The summed E-state index contributed by atoms with van der Waals surface area (Å²) in [5.41, 5.74) is 3.13. The van der Waals surface area contributed by atoms with Crippen molar-refractivity contribution in [1.82, 2.24) is 25.0 Å².